The van der Waals surface area contributed by atoms with Gasteiger partial charge >= 0.3 is 0 Å². The van der Waals surface area contributed by atoms with Crippen LogP contribution in [0.25, 0.3) is 0 Å². The minimum atomic E-state index is 0.769. The maximum atomic E-state index is 5.16. The predicted octanol–water partition coefficient (Wildman–Crippen LogP) is 3.07. The lowest BCUT2D eigenvalue weighted by Crippen LogP contribution is -2.00. The van der Waals surface area contributed by atoms with Crippen LogP contribution in [0.15, 0.2) is 29.8 Å². The molecule has 4 heteroatoms. The Balaban J connectivity index is 2.04. The zero-order chi connectivity index (χ0) is 11.4. The van der Waals surface area contributed by atoms with Crippen LogP contribution in [0.3, 0.4) is 0 Å². The van der Waals surface area contributed by atoms with Crippen LogP contribution in [0, 0.1) is 6.92 Å². The third-order valence-electron chi connectivity index (χ3n) is 2.35. The number of hydrogen-bond donors (Lipinski definition) is 1. The molecule has 84 valence electrons. The van der Waals surface area contributed by atoms with Crippen molar-refractivity contribution in [3.8, 4) is 5.75 Å². The number of rotatable bonds is 4. The number of nitrogens with zero attached hydrogens (tertiary/aromatic N) is 1. The number of aromatic nitrogens is 1. The van der Waals surface area contributed by atoms with Gasteiger partial charge in [-0.15, -0.1) is 11.3 Å². The summed E-state index contributed by atoms with van der Waals surface area (Å²) in [7, 11) is 1.68. The second-order valence-electron chi connectivity index (χ2n) is 3.46. The fraction of sp³-hybridized carbons (Fsp3) is 0.250. The molecule has 1 N–H and O–H groups in total. The zero-order valence-electron chi connectivity index (χ0n) is 9.36. The molecule has 0 aliphatic carbocycles. The van der Waals surface area contributed by atoms with Crippen LogP contribution in [-0.2, 0) is 6.54 Å². The van der Waals surface area contributed by atoms with E-state index in [1.807, 2.05) is 29.8 Å². The average Bonchev–Trinajstić information content (AvgIpc) is 2.80. The molecule has 16 heavy (non-hydrogen) atoms. The molecule has 1 aromatic carbocycles. The highest BCUT2D eigenvalue weighted by Crippen LogP contribution is 2.21. The van der Waals surface area contributed by atoms with E-state index in [9.17, 15) is 0 Å². The molecule has 0 bridgehead atoms. The molecule has 0 fully saturated rings. The normalized spacial score (nSPS) is 10.1. The molecule has 3 nitrogen and oxygen atoms in total. The van der Waals surface area contributed by atoms with E-state index in [2.05, 4.69) is 17.2 Å². The van der Waals surface area contributed by atoms with E-state index in [0.29, 0.717) is 0 Å². The first kappa shape index (κ1) is 11.0. The van der Waals surface area contributed by atoms with Gasteiger partial charge in [-0.2, -0.15) is 0 Å². The van der Waals surface area contributed by atoms with Crippen LogP contribution < -0.4 is 10.1 Å². The lowest BCUT2D eigenvalue weighted by Gasteiger charge is -2.09. The van der Waals surface area contributed by atoms with Gasteiger partial charge in [0.25, 0.3) is 0 Å². The number of hydrogen-bond acceptors (Lipinski definition) is 4. The van der Waals surface area contributed by atoms with E-state index < -0.39 is 0 Å². The van der Waals surface area contributed by atoms with E-state index in [-0.39, 0.29) is 0 Å². The van der Waals surface area contributed by atoms with Crippen molar-refractivity contribution < 1.29 is 4.74 Å². The first-order chi connectivity index (χ1) is 7.79. The third-order valence-corrected chi connectivity index (χ3v) is 3.13. The van der Waals surface area contributed by atoms with Crippen LogP contribution in [0.1, 0.15) is 10.6 Å². The van der Waals surface area contributed by atoms with Gasteiger partial charge in [-0.1, -0.05) is 0 Å². The molecular formula is C12H14N2OS. The van der Waals surface area contributed by atoms with Crippen molar-refractivity contribution in [1.29, 1.82) is 0 Å². The first-order valence-corrected chi connectivity index (χ1v) is 5.94. The highest BCUT2D eigenvalue weighted by Gasteiger charge is 2.01. The monoisotopic (exact) mass is 234 g/mol. The van der Waals surface area contributed by atoms with Crippen molar-refractivity contribution in [2.75, 3.05) is 12.4 Å². The predicted molar refractivity (Wildman–Crippen MR) is 67.2 cm³/mol. The lowest BCUT2D eigenvalue weighted by atomic mass is 10.2. The molecule has 2 aromatic rings. The molecule has 0 amide bonds. The zero-order valence-corrected chi connectivity index (χ0v) is 10.2. The molecule has 0 spiro atoms. The maximum absolute atomic E-state index is 5.16. The molecule has 0 saturated heterocycles. The number of nitrogens with one attached hydrogen (secondary N) is 1. The van der Waals surface area contributed by atoms with Crippen LogP contribution in [0.5, 0.6) is 5.75 Å². The summed E-state index contributed by atoms with van der Waals surface area (Å²) >= 11 is 1.66. The summed E-state index contributed by atoms with van der Waals surface area (Å²) in [5.41, 5.74) is 2.30. The Morgan fingerprint density at radius 3 is 2.94 bits per heavy atom. The van der Waals surface area contributed by atoms with E-state index in [1.54, 1.807) is 18.4 Å². The molecule has 0 atom stereocenters. The van der Waals surface area contributed by atoms with Crippen molar-refractivity contribution in [2.45, 2.75) is 13.5 Å². The summed E-state index contributed by atoms with van der Waals surface area (Å²) in [6.45, 7) is 2.83. The number of ether oxygens (including phenoxy) is 1. The average molecular weight is 234 g/mol. The molecular weight excluding hydrogens is 220 g/mol. The highest BCUT2D eigenvalue weighted by molar-refractivity contribution is 7.09. The Kier molecular flexibility index (Phi) is 3.41. The second kappa shape index (κ2) is 4.99. The summed E-state index contributed by atoms with van der Waals surface area (Å²) in [5, 5.41) is 6.44. The maximum Gasteiger partial charge on any atom is 0.119 e. The van der Waals surface area contributed by atoms with Gasteiger partial charge in [0.05, 0.1) is 13.7 Å². The number of thiazole rings is 1. The van der Waals surface area contributed by atoms with Gasteiger partial charge in [-0.05, 0) is 30.7 Å². The standard InChI is InChI=1S/C12H14N2OS/c1-9-7-10(15-2)3-4-11(9)14-8-12-13-5-6-16-12/h3-7,14H,8H2,1-2H3. The first-order valence-electron chi connectivity index (χ1n) is 5.06. The molecule has 0 unspecified atom stereocenters. The number of benzene rings is 1. The van der Waals surface area contributed by atoms with Crippen LogP contribution >= 0.6 is 11.3 Å². The SMILES string of the molecule is COc1ccc(NCc2nccs2)c(C)c1. The van der Waals surface area contributed by atoms with Crippen LogP contribution in [-0.4, -0.2) is 12.1 Å². The minimum Gasteiger partial charge on any atom is -0.497 e. The summed E-state index contributed by atoms with van der Waals surface area (Å²) in [6.07, 6.45) is 1.82. The van der Waals surface area contributed by atoms with E-state index >= 15 is 0 Å². The number of aryl methyl sites for hydroxylation is 1. The van der Waals surface area contributed by atoms with Gasteiger partial charge in [-0.25, -0.2) is 4.98 Å². The largest absolute Gasteiger partial charge is 0.497 e. The Morgan fingerprint density at radius 2 is 2.31 bits per heavy atom. The fourth-order valence-electron chi connectivity index (χ4n) is 1.47. The van der Waals surface area contributed by atoms with Gasteiger partial charge < -0.3 is 10.1 Å². The van der Waals surface area contributed by atoms with Gasteiger partial charge in [0.1, 0.15) is 10.8 Å². The highest BCUT2D eigenvalue weighted by atomic mass is 32.1. The Hall–Kier alpha value is -1.55. The van der Waals surface area contributed by atoms with Gasteiger partial charge in [0.2, 0.25) is 0 Å². The summed E-state index contributed by atoms with van der Waals surface area (Å²) in [4.78, 5) is 4.23. The topological polar surface area (TPSA) is 34.1 Å². The van der Waals surface area contributed by atoms with Crippen molar-refractivity contribution in [3.05, 3.63) is 40.3 Å². The summed E-state index contributed by atoms with van der Waals surface area (Å²) in [5.74, 6) is 0.886. The van der Waals surface area contributed by atoms with Crippen molar-refractivity contribution >= 4 is 17.0 Å². The quantitative estimate of drug-likeness (QED) is 0.882. The Labute approximate surface area is 99.1 Å². The van der Waals surface area contributed by atoms with E-state index in [0.717, 1.165) is 23.0 Å². The van der Waals surface area contributed by atoms with Crippen molar-refractivity contribution in [2.24, 2.45) is 0 Å². The molecule has 0 saturated carbocycles. The van der Waals surface area contributed by atoms with Gasteiger partial charge in [0.15, 0.2) is 0 Å². The third kappa shape index (κ3) is 2.52. The fourth-order valence-corrected chi connectivity index (χ4v) is 2.03. The summed E-state index contributed by atoms with van der Waals surface area (Å²) < 4.78 is 5.16. The van der Waals surface area contributed by atoms with Gasteiger partial charge in [-0.3, -0.25) is 0 Å². The number of methoxy groups -OCH3 is 1. The molecule has 0 radical (unpaired) electrons. The lowest BCUT2D eigenvalue weighted by molar-refractivity contribution is 0.414. The van der Waals surface area contributed by atoms with E-state index in [1.165, 1.54) is 5.56 Å². The molecule has 2 rings (SSSR count). The summed E-state index contributed by atoms with van der Waals surface area (Å²) in [6, 6.07) is 6.00. The smallest absolute Gasteiger partial charge is 0.119 e. The second-order valence-corrected chi connectivity index (χ2v) is 4.44. The van der Waals surface area contributed by atoms with Gasteiger partial charge in [0, 0.05) is 17.3 Å². The van der Waals surface area contributed by atoms with Crippen LogP contribution in [0.4, 0.5) is 5.69 Å². The molecule has 0 aliphatic heterocycles. The minimum absolute atomic E-state index is 0.769. The molecule has 1 heterocycles. The molecule has 0 aliphatic rings. The Morgan fingerprint density at radius 1 is 1.44 bits per heavy atom. The van der Waals surface area contributed by atoms with Crippen molar-refractivity contribution in [1.82, 2.24) is 4.98 Å². The Bertz CT molecular complexity index is 454. The van der Waals surface area contributed by atoms with Crippen molar-refractivity contribution in [3.63, 3.8) is 0 Å². The van der Waals surface area contributed by atoms with Crippen LogP contribution in [0.2, 0.25) is 0 Å². The number of anilines is 1. The van der Waals surface area contributed by atoms with E-state index in [4.69, 9.17) is 4.74 Å². The molecule has 1 aromatic heterocycles.